The lowest BCUT2D eigenvalue weighted by molar-refractivity contribution is 0.503. The first kappa shape index (κ1) is 17.3. The third kappa shape index (κ3) is 16.3. The number of unbranched alkanes of at least 4 members (excludes halogenated alkanes) is 9. The van der Waals surface area contributed by atoms with Gasteiger partial charge in [0, 0.05) is 5.75 Å². The Bertz CT molecular complexity index is 250. The molecule has 0 amide bonds. The van der Waals surface area contributed by atoms with Gasteiger partial charge in [0.25, 0.3) is 0 Å². The van der Waals surface area contributed by atoms with Gasteiger partial charge in [0.2, 0.25) is 0 Å². The molecule has 17 heavy (non-hydrogen) atoms. The zero-order chi connectivity index (χ0) is 13.0. The molecule has 1 N–H and O–H groups in total. The van der Waals surface area contributed by atoms with Gasteiger partial charge in [-0.3, -0.25) is 4.55 Å². The van der Waals surface area contributed by atoms with Crippen LogP contribution in [0.1, 0.15) is 71.1 Å². The quantitative estimate of drug-likeness (QED) is 0.326. The van der Waals surface area contributed by atoms with Crippen LogP contribution in [-0.2, 0) is 9.15 Å². The summed E-state index contributed by atoms with van der Waals surface area (Å²) in [5.74, 6) is 0.509. The number of rotatable bonds is 12. The highest BCUT2D eigenvalue weighted by Crippen LogP contribution is 2.14. The molecule has 5 heteroatoms. The second kappa shape index (κ2) is 11.4. The average molecular weight is 282 g/mol. The summed E-state index contributed by atoms with van der Waals surface area (Å²) in [5.41, 5.74) is 0. The molecule has 0 rings (SSSR count). The molecule has 0 aromatic heterocycles. The highest BCUT2D eigenvalue weighted by molar-refractivity contribution is 8.69. The fourth-order valence-corrected chi connectivity index (χ4v) is 3.27. The summed E-state index contributed by atoms with van der Waals surface area (Å²) in [7, 11) is -3.18. The Morgan fingerprint density at radius 3 is 1.65 bits per heavy atom. The SMILES string of the molecule is CCCCCCCCCCCCSS(=O)(=O)O. The van der Waals surface area contributed by atoms with Gasteiger partial charge < -0.3 is 0 Å². The molecule has 0 atom stereocenters. The maximum atomic E-state index is 10.4. The van der Waals surface area contributed by atoms with Gasteiger partial charge in [-0.05, 0) is 17.2 Å². The predicted octanol–water partition coefficient (Wildman–Crippen LogP) is 4.44. The lowest BCUT2D eigenvalue weighted by atomic mass is 10.1. The molecular formula is C12H26O3S2. The van der Waals surface area contributed by atoms with E-state index < -0.39 is 9.15 Å². The van der Waals surface area contributed by atoms with Crippen molar-refractivity contribution in [3.63, 3.8) is 0 Å². The van der Waals surface area contributed by atoms with Crippen molar-refractivity contribution in [1.82, 2.24) is 0 Å². The fourth-order valence-electron chi connectivity index (χ4n) is 1.75. The minimum Gasteiger partial charge on any atom is -0.277 e. The van der Waals surface area contributed by atoms with Crippen LogP contribution in [0.15, 0.2) is 0 Å². The van der Waals surface area contributed by atoms with Gasteiger partial charge >= 0.3 is 9.15 Å². The molecular weight excluding hydrogens is 256 g/mol. The van der Waals surface area contributed by atoms with Crippen molar-refractivity contribution in [2.24, 2.45) is 0 Å². The first-order chi connectivity index (χ1) is 8.06. The van der Waals surface area contributed by atoms with Crippen LogP contribution in [0.3, 0.4) is 0 Å². The van der Waals surface area contributed by atoms with Crippen LogP contribution in [0.25, 0.3) is 0 Å². The maximum Gasteiger partial charge on any atom is 0.319 e. The van der Waals surface area contributed by atoms with E-state index >= 15 is 0 Å². The van der Waals surface area contributed by atoms with Crippen LogP contribution in [0.2, 0.25) is 0 Å². The van der Waals surface area contributed by atoms with E-state index in [4.69, 9.17) is 4.55 Å². The minimum absolute atomic E-state index is 0.509. The van der Waals surface area contributed by atoms with Crippen molar-refractivity contribution in [3.05, 3.63) is 0 Å². The summed E-state index contributed by atoms with van der Waals surface area (Å²) < 4.78 is 29.3. The van der Waals surface area contributed by atoms with E-state index in [1.807, 2.05) is 0 Å². The van der Waals surface area contributed by atoms with Gasteiger partial charge in [-0.15, -0.1) is 0 Å². The van der Waals surface area contributed by atoms with Crippen LogP contribution in [0, 0.1) is 0 Å². The highest BCUT2D eigenvalue weighted by Gasteiger charge is 2.03. The Kier molecular flexibility index (Phi) is 11.5. The second-order valence-corrected chi connectivity index (χ2v) is 7.90. The Morgan fingerprint density at radius 2 is 1.24 bits per heavy atom. The molecule has 0 spiro atoms. The molecule has 0 heterocycles. The van der Waals surface area contributed by atoms with E-state index in [9.17, 15) is 8.42 Å². The molecule has 0 aromatic carbocycles. The summed E-state index contributed by atoms with van der Waals surface area (Å²) in [6.45, 7) is 2.23. The lowest BCUT2D eigenvalue weighted by Gasteiger charge is -2.01. The van der Waals surface area contributed by atoms with E-state index in [1.54, 1.807) is 0 Å². The molecule has 0 bridgehead atoms. The van der Waals surface area contributed by atoms with Crippen molar-refractivity contribution in [3.8, 4) is 0 Å². The standard InChI is InChI=1S/C12H26O3S2/c1-2-3-4-5-6-7-8-9-10-11-12-16-17(13,14)15/h2-12H2,1H3,(H,13,14,15). The van der Waals surface area contributed by atoms with Crippen molar-refractivity contribution >= 4 is 19.9 Å². The van der Waals surface area contributed by atoms with Gasteiger partial charge in [0.15, 0.2) is 0 Å². The van der Waals surface area contributed by atoms with Gasteiger partial charge in [-0.2, -0.15) is 8.42 Å². The Hall–Kier alpha value is 0.260. The molecule has 0 aliphatic rings. The van der Waals surface area contributed by atoms with E-state index in [2.05, 4.69) is 6.92 Å². The number of hydrogen-bond donors (Lipinski definition) is 1. The van der Waals surface area contributed by atoms with Crippen LogP contribution in [0.4, 0.5) is 0 Å². The molecule has 0 fully saturated rings. The smallest absolute Gasteiger partial charge is 0.277 e. The zero-order valence-corrected chi connectivity index (χ0v) is 12.5. The van der Waals surface area contributed by atoms with E-state index in [-0.39, 0.29) is 0 Å². The molecule has 0 aliphatic carbocycles. The summed E-state index contributed by atoms with van der Waals surface area (Å²) in [4.78, 5) is 0. The Balaban J connectivity index is 3.04. The van der Waals surface area contributed by atoms with Gasteiger partial charge in [-0.1, -0.05) is 64.7 Å². The van der Waals surface area contributed by atoms with Crippen molar-refractivity contribution in [2.75, 3.05) is 5.75 Å². The molecule has 0 radical (unpaired) electrons. The number of hydrogen-bond acceptors (Lipinski definition) is 3. The van der Waals surface area contributed by atoms with E-state index in [1.165, 1.54) is 51.4 Å². The largest absolute Gasteiger partial charge is 0.319 e. The summed E-state index contributed by atoms with van der Waals surface area (Å²) in [6, 6.07) is 0. The third-order valence-electron chi connectivity index (χ3n) is 2.73. The Morgan fingerprint density at radius 1 is 0.824 bits per heavy atom. The van der Waals surface area contributed by atoms with E-state index in [0.717, 1.165) is 12.8 Å². The van der Waals surface area contributed by atoms with Crippen molar-refractivity contribution in [1.29, 1.82) is 0 Å². The molecule has 0 saturated heterocycles. The first-order valence-electron chi connectivity index (χ1n) is 6.68. The third-order valence-corrected chi connectivity index (χ3v) is 4.88. The van der Waals surface area contributed by atoms with Crippen LogP contribution in [0.5, 0.6) is 0 Å². The maximum absolute atomic E-state index is 10.4. The normalized spacial score (nSPS) is 11.9. The lowest BCUT2D eigenvalue weighted by Crippen LogP contribution is -1.92. The zero-order valence-electron chi connectivity index (χ0n) is 10.9. The van der Waals surface area contributed by atoms with Gasteiger partial charge in [-0.25, -0.2) is 0 Å². The highest BCUT2D eigenvalue weighted by atomic mass is 33.1. The monoisotopic (exact) mass is 282 g/mol. The first-order valence-corrected chi connectivity index (χ1v) is 9.62. The van der Waals surface area contributed by atoms with Gasteiger partial charge in [0.1, 0.15) is 0 Å². The summed E-state index contributed by atoms with van der Waals surface area (Å²) >= 11 is 0. The van der Waals surface area contributed by atoms with E-state index in [0.29, 0.717) is 16.5 Å². The molecule has 3 nitrogen and oxygen atoms in total. The fraction of sp³-hybridized carbons (Fsp3) is 1.00. The average Bonchev–Trinajstić information content (AvgIpc) is 2.24. The molecule has 0 saturated carbocycles. The van der Waals surface area contributed by atoms with Crippen molar-refractivity contribution in [2.45, 2.75) is 71.1 Å². The molecule has 104 valence electrons. The predicted molar refractivity (Wildman–Crippen MR) is 75.9 cm³/mol. The minimum atomic E-state index is -3.82. The molecule has 0 aromatic rings. The molecule has 0 aliphatic heterocycles. The van der Waals surface area contributed by atoms with Crippen molar-refractivity contribution < 1.29 is 13.0 Å². The molecule has 0 unspecified atom stereocenters. The van der Waals surface area contributed by atoms with Gasteiger partial charge in [0.05, 0.1) is 0 Å². The topological polar surface area (TPSA) is 54.4 Å². The van der Waals surface area contributed by atoms with Crippen LogP contribution < -0.4 is 0 Å². The summed E-state index contributed by atoms with van der Waals surface area (Å²) in [6.07, 6.45) is 12.4. The second-order valence-electron chi connectivity index (χ2n) is 4.43. The summed E-state index contributed by atoms with van der Waals surface area (Å²) in [5, 5.41) is 0. The van der Waals surface area contributed by atoms with Crippen LogP contribution in [-0.4, -0.2) is 18.7 Å². The Labute approximate surface area is 110 Å². The van der Waals surface area contributed by atoms with Crippen LogP contribution >= 0.6 is 10.8 Å².